The Kier molecular flexibility index (Phi) is 5.24. The highest BCUT2D eigenvalue weighted by Gasteiger charge is 2.73. The van der Waals surface area contributed by atoms with Gasteiger partial charge in [0.1, 0.15) is 6.61 Å². The fourth-order valence-electron chi connectivity index (χ4n) is 6.94. The van der Waals surface area contributed by atoms with Crippen LogP contribution in [-0.2, 0) is 21.4 Å². The Hall–Kier alpha value is -2.61. The number of hydrogen-bond acceptors (Lipinski definition) is 7. The van der Waals surface area contributed by atoms with Crippen molar-refractivity contribution in [2.24, 2.45) is 0 Å². The van der Waals surface area contributed by atoms with E-state index in [1.165, 1.54) is 6.92 Å². The van der Waals surface area contributed by atoms with E-state index in [4.69, 9.17) is 15.2 Å². The molecule has 4 atom stereocenters. The molecule has 0 amide bonds. The first-order valence-corrected chi connectivity index (χ1v) is 11.6. The maximum atomic E-state index is 13.2. The van der Waals surface area contributed by atoms with E-state index in [1.54, 1.807) is 0 Å². The first-order valence-electron chi connectivity index (χ1n) is 11.6. The number of piperidine rings is 1. The lowest BCUT2D eigenvalue weighted by atomic mass is 9.48. The van der Waals surface area contributed by atoms with Gasteiger partial charge in [-0.15, -0.1) is 12.4 Å². The third kappa shape index (κ3) is 2.72. The number of ether oxygens (including phenoxy) is 2. The van der Waals surface area contributed by atoms with Crippen LogP contribution in [0.25, 0.3) is 11.1 Å². The molecule has 2 fully saturated rings. The number of hydrogen-bond donors (Lipinski definition) is 2. The summed E-state index contributed by atoms with van der Waals surface area (Å²) in [5.41, 5.74) is 8.87. The number of rotatable bonds is 4. The number of anilines is 1. The van der Waals surface area contributed by atoms with Crippen LogP contribution in [0.5, 0.6) is 11.5 Å². The summed E-state index contributed by atoms with van der Waals surface area (Å²) in [6.07, 6.45) is 1.13. The Morgan fingerprint density at radius 1 is 1.29 bits per heavy atom. The van der Waals surface area contributed by atoms with Crippen molar-refractivity contribution in [2.75, 3.05) is 25.9 Å². The topological polar surface area (TPSA) is 102 Å². The van der Waals surface area contributed by atoms with Gasteiger partial charge in [0.25, 0.3) is 0 Å². The summed E-state index contributed by atoms with van der Waals surface area (Å²) in [5.74, 6) is 0.606. The summed E-state index contributed by atoms with van der Waals surface area (Å²) in [6.45, 7) is 2.07. The Balaban J connectivity index is 0.00000241. The molecule has 34 heavy (non-hydrogen) atoms. The number of ketones is 2. The molecule has 1 saturated carbocycles. The van der Waals surface area contributed by atoms with E-state index in [-0.39, 0.29) is 43.0 Å². The molecule has 2 aliphatic heterocycles. The lowest BCUT2D eigenvalue weighted by molar-refractivity contribution is -0.185. The van der Waals surface area contributed by atoms with Gasteiger partial charge in [-0.25, -0.2) is 0 Å². The second kappa shape index (κ2) is 7.70. The molecule has 8 heteroatoms. The highest BCUT2D eigenvalue weighted by atomic mass is 35.5. The fourth-order valence-corrected chi connectivity index (χ4v) is 6.94. The van der Waals surface area contributed by atoms with Crippen molar-refractivity contribution >= 4 is 29.7 Å². The van der Waals surface area contributed by atoms with Gasteiger partial charge in [-0.2, -0.15) is 0 Å². The van der Waals surface area contributed by atoms with Crippen molar-refractivity contribution in [1.29, 1.82) is 0 Å². The smallest absolute Gasteiger partial charge is 0.185 e. The van der Waals surface area contributed by atoms with Gasteiger partial charge in [0.05, 0.1) is 16.7 Å². The summed E-state index contributed by atoms with van der Waals surface area (Å²) in [7, 11) is 2.04. The van der Waals surface area contributed by atoms with E-state index in [1.807, 2.05) is 37.4 Å². The zero-order chi connectivity index (χ0) is 23.1. The lowest BCUT2D eigenvalue weighted by Gasteiger charge is -2.62. The lowest BCUT2D eigenvalue weighted by Crippen LogP contribution is -2.76. The maximum absolute atomic E-state index is 13.2. The summed E-state index contributed by atoms with van der Waals surface area (Å²) in [6, 6.07) is 9.72. The van der Waals surface area contributed by atoms with Gasteiger partial charge in [-0.1, -0.05) is 30.3 Å². The number of aliphatic hydroxyl groups is 1. The number of halogens is 1. The second-order valence-corrected chi connectivity index (χ2v) is 9.97. The van der Waals surface area contributed by atoms with E-state index in [0.717, 1.165) is 28.8 Å². The van der Waals surface area contributed by atoms with Crippen LogP contribution in [0.3, 0.4) is 0 Å². The number of nitrogen functional groups attached to an aromatic ring is 1. The van der Waals surface area contributed by atoms with Gasteiger partial charge in [0.2, 0.25) is 0 Å². The standard InChI is InChI=1S/C26H28N2O5.ClH/c1-14(29)13-32-23-21(27)19(15-6-4-3-5-7-15)16-12-18-26(31)9-8-17(30)24-25(26,10-11-28(18)2)20(16)22(23)33-24;/h3-7,18,24,31H,8-13,27H2,1-2H3;1H/t18-,24+,25+,26-;/m1./s1. The number of benzene rings is 2. The molecule has 2 aliphatic carbocycles. The molecule has 2 aromatic rings. The number of likely N-dealkylation sites (N-methyl/N-ethyl adjacent to an activating group) is 1. The Morgan fingerprint density at radius 3 is 2.74 bits per heavy atom. The predicted molar refractivity (Wildman–Crippen MR) is 130 cm³/mol. The quantitative estimate of drug-likeness (QED) is 0.643. The van der Waals surface area contributed by atoms with E-state index < -0.39 is 17.1 Å². The summed E-state index contributed by atoms with van der Waals surface area (Å²) >= 11 is 0. The monoisotopic (exact) mass is 484 g/mol. The first-order chi connectivity index (χ1) is 15.8. The summed E-state index contributed by atoms with van der Waals surface area (Å²) in [5, 5.41) is 12.2. The maximum Gasteiger partial charge on any atom is 0.185 e. The number of Topliss-reactive ketones (excluding diaryl/α,β-unsaturated/α-hetero) is 2. The Bertz CT molecular complexity index is 1200. The molecule has 2 bridgehead atoms. The second-order valence-electron chi connectivity index (χ2n) is 9.97. The minimum Gasteiger partial charge on any atom is -0.480 e. The van der Waals surface area contributed by atoms with Crippen molar-refractivity contribution in [1.82, 2.24) is 4.90 Å². The fraction of sp³-hybridized carbons (Fsp3) is 0.462. The predicted octanol–water partition coefficient (Wildman–Crippen LogP) is 2.68. The third-order valence-electron chi connectivity index (χ3n) is 8.32. The van der Waals surface area contributed by atoms with Crippen LogP contribution in [0.2, 0.25) is 0 Å². The van der Waals surface area contributed by atoms with Crippen molar-refractivity contribution in [3.8, 4) is 22.6 Å². The third-order valence-corrected chi connectivity index (χ3v) is 8.32. The summed E-state index contributed by atoms with van der Waals surface area (Å²) in [4.78, 5) is 27.2. The molecule has 6 rings (SSSR count). The number of likely N-dealkylation sites (tertiary alicyclic amines) is 1. The largest absolute Gasteiger partial charge is 0.480 e. The van der Waals surface area contributed by atoms with Crippen LogP contribution in [0.4, 0.5) is 5.69 Å². The SMILES string of the molecule is CC(=O)COc1c(N)c(-c2ccccc2)c2c3c1O[C@H]1C(=O)CC[C@@]4(O)[C@@H](C2)N(C)CC[C@]314.Cl. The van der Waals surface area contributed by atoms with Crippen LogP contribution in [0.15, 0.2) is 30.3 Å². The highest BCUT2D eigenvalue weighted by molar-refractivity contribution is 5.95. The summed E-state index contributed by atoms with van der Waals surface area (Å²) < 4.78 is 12.3. The van der Waals surface area contributed by atoms with Crippen LogP contribution in [0, 0.1) is 0 Å². The van der Waals surface area contributed by atoms with Crippen LogP contribution >= 0.6 is 12.4 Å². The van der Waals surface area contributed by atoms with E-state index in [0.29, 0.717) is 36.4 Å². The zero-order valence-electron chi connectivity index (χ0n) is 19.3. The molecule has 1 saturated heterocycles. The van der Waals surface area contributed by atoms with Gasteiger partial charge in [-0.05, 0) is 50.9 Å². The van der Waals surface area contributed by atoms with Crippen molar-refractivity contribution < 1.29 is 24.2 Å². The normalized spacial score (nSPS) is 30.7. The number of carbonyl (C=O) groups excluding carboxylic acids is 2. The van der Waals surface area contributed by atoms with Crippen molar-refractivity contribution in [3.05, 3.63) is 41.5 Å². The van der Waals surface area contributed by atoms with Gasteiger partial charge >= 0.3 is 0 Å². The molecule has 0 radical (unpaired) electrons. The molecule has 2 heterocycles. The average molecular weight is 485 g/mol. The number of nitrogens with zero attached hydrogens (tertiary/aromatic N) is 1. The van der Waals surface area contributed by atoms with Gasteiger partial charge in [0, 0.05) is 23.6 Å². The Morgan fingerprint density at radius 2 is 2.03 bits per heavy atom. The average Bonchev–Trinajstić information content (AvgIpc) is 3.14. The van der Waals surface area contributed by atoms with E-state index in [2.05, 4.69) is 4.90 Å². The van der Waals surface area contributed by atoms with Crippen LogP contribution in [-0.4, -0.2) is 59.5 Å². The molecule has 4 aliphatic rings. The van der Waals surface area contributed by atoms with E-state index in [9.17, 15) is 14.7 Å². The van der Waals surface area contributed by atoms with Crippen LogP contribution in [0.1, 0.15) is 37.3 Å². The molecule has 1 spiro atoms. The zero-order valence-corrected chi connectivity index (χ0v) is 20.1. The highest BCUT2D eigenvalue weighted by Crippen LogP contribution is 2.67. The van der Waals surface area contributed by atoms with E-state index >= 15 is 0 Å². The van der Waals surface area contributed by atoms with Gasteiger partial charge in [-0.3, -0.25) is 9.59 Å². The molecule has 7 nitrogen and oxygen atoms in total. The minimum absolute atomic E-state index is 0. The number of carbonyl (C=O) groups is 2. The molecular formula is C26H29ClN2O5. The first kappa shape index (κ1) is 23.1. The minimum atomic E-state index is -1.08. The van der Waals surface area contributed by atoms with Gasteiger partial charge in [0.15, 0.2) is 29.2 Å². The molecular weight excluding hydrogens is 456 g/mol. The van der Waals surface area contributed by atoms with Crippen LogP contribution < -0.4 is 15.2 Å². The molecule has 0 aromatic heterocycles. The Labute approximate surface area is 204 Å². The molecule has 180 valence electrons. The number of nitrogens with two attached hydrogens (primary N) is 1. The van der Waals surface area contributed by atoms with Gasteiger partial charge < -0.3 is 25.2 Å². The molecule has 3 N–H and O–H groups in total. The molecule has 2 aromatic carbocycles. The van der Waals surface area contributed by atoms with Crippen molar-refractivity contribution in [2.45, 2.75) is 55.8 Å². The van der Waals surface area contributed by atoms with Crippen molar-refractivity contribution in [3.63, 3.8) is 0 Å². The molecule has 0 unspecified atom stereocenters.